The molecule has 1 heterocycles. The lowest BCUT2D eigenvalue weighted by atomic mass is 10.1. The van der Waals surface area contributed by atoms with E-state index in [1.165, 1.54) is 18.5 Å². The summed E-state index contributed by atoms with van der Waals surface area (Å²) in [5, 5.41) is 0.340. The zero-order valence-corrected chi connectivity index (χ0v) is 19.2. The van der Waals surface area contributed by atoms with E-state index in [9.17, 15) is 31.1 Å². The summed E-state index contributed by atoms with van der Waals surface area (Å²) in [6, 6.07) is 6.10. The highest BCUT2D eigenvalue weighted by Crippen LogP contribution is 2.37. The summed E-state index contributed by atoms with van der Waals surface area (Å²) >= 11 is 0. The summed E-state index contributed by atoms with van der Waals surface area (Å²) in [6.45, 7) is 9.10. The number of halogens is 6. The maximum Gasteiger partial charge on any atom is 0.434 e. The molecule has 32 heavy (non-hydrogen) atoms. The maximum absolute atomic E-state index is 13.0. The van der Waals surface area contributed by atoms with Crippen molar-refractivity contribution in [3.05, 3.63) is 47.8 Å². The number of rotatable bonds is 6. The van der Waals surface area contributed by atoms with Gasteiger partial charge in [0.25, 0.3) is 6.10 Å². The van der Waals surface area contributed by atoms with Gasteiger partial charge in [0, 0.05) is 12.4 Å². The summed E-state index contributed by atoms with van der Waals surface area (Å²) in [4.78, 5) is 21.5. The minimum Gasteiger partial charge on any atom is -0.439 e. The van der Waals surface area contributed by atoms with E-state index >= 15 is 0 Å². The molecule has 0 atom stereocenters. The first-order valence-electron chi connectivity index (χ1n) is 9.86. The minimum absolute atomic E-state index is 0.139. The van der Waals surface area contributed by atoms with Gasteiger partial charge in [-0.05, 0) is 35.3 Å². The SMILES string of the molecule is Cc1ccc([Si](c2ncccn2)(C(C)C)C(C)C)c(C(=O)OC(C(F)(F)F)C(F)(F)F)c1. The second kappa shape index (κ2) is 9.20. The molecule has 0 amide bonds. The van der Waals surface area contributed by atoms with Crippen LogP contribution in [0.1, 0.15) is 43.6 Å². The quantitative estimate of drug-likeness (QED) is 0.340. The lowest BCUT2D eigenvalue weighted by Crippen LogP contribution is -2.66. The molecule has 1 aromatic heterocycles. The second-order valence-electron chi connectivity index (χ2n) is 8.17. The van der Waals surface area contributed by atoms with Gasteiger partial charge in [-0.2, -0.15) is 26.3 Å². The van der Waals surface area contributed by atoms with Crippen LogP contribution < -0.4 is 10.6 Å². The Hall–Kier alpha value is -2.43. The van der Waals surface area contributed by atoms with Crippen LogP contribution in [-0.2, 0) is 4.74 Å². The first-order chi connectivity index (χ1) is 14.6. The first kappa shape index (κ1) is 25.8. The van der Waals surface area contributed by atoms with Gasteiger partial charge in [-0.3, -0.25) is 0 Å². The molecule has 0 bridgehead atoms. The molecular formula is C21H24F6N2O2Si. The molecule has 0 spiro atoms. The molecule has 2 rings (SSSR count). The fourth-order valence-electron chi connectivity index (χ4n) is 4.12. The highest BCUT2D eigenvalue weighted by atomic mass is 28.3. The number of nitrogens with zero attached hydrogens (tertiary/aromatic N) is 2. The van der Waals surface area contributed by atoms with Crippen LogP contribution in [0.25, 0.3) is 0 Å². The van der Waals surface area contributed by atoms with Gasteiger partial charge in [0.15, 0.2) is 8.07 Å². The Kier molecular flexibility index (Phi) is 7.43. The zero-order chi connectivity index (χ0) is 24.5. The summed E-state index contributed by atoms with van der Waals surface area (Å²) in [5.74, 6) is -1.68. The zero-order valence-electron chi connectivity index (χ0n) is 18.2. The van der Waals surface area contributed by atoms with Crippen molar-refractivity contribution in [2.75, 3.05) is 0 Å². The Morgan fingerprint density at radius 2 is 1.44 bits per heavy atom. The highest BCUT2D eigenvalue weighted by molar-refractivity contribution is 7.03. The Bertz CT molecular complexity index is 924. The van der Waals surface area contributed by atoms with Crippen molar-refractivity contribution in [1.82, 2.24) is 9.97 Å². The normalized spacial score (nSPS) is 13.2. The third kappa shape index (κ3) is 4.97. The van der Waals surface area contributed by atoms with Gasteiger partial charge in [0.05, 0.1) is 5.56 Å². The number of hydrogen-bond acceptors (Lipinski definition) is 4. The summed E-state index contributed by atoms with van der Waals surface area (Å²) in [7, 11) is -3.06. The lowest BCUT2D eigenvalue weighted by Gasteiger charge is -2.39. The molecule has 2 aromatic rings. The Labute approximate surface area is 183 Å². The third-order valence-electron chi connectivity index (χ3n) is 5.42. The molecule has 0 aliphatic carbocycles. The lowest BCUT2D eigenvalue weighted by molar-refractivity contribution is -0.307. The molecule has 0 fully saturated rings. The van der Waals surface area contributed by atoms with E-state index in [1.807, 2.05) is 27.7 Å². The van der Waals surface area contributed by atoms with Gasteiger partial charge in [-0.15, -0.1) is 0 Å². The van der Waals surface area contributed by atoms with Crippen LogP contribution >= 0.6 is 0 Å². The van der Waals surface area contributed by atoms with Crippen molar-refractivity contribution < 1.29 is 35.9 Å². The smallest absolute Gasteiger partial charge is 0.434 e. The van der Waals surface area contributed by atoms with Crippen molar-refractivity contribution in [2.45, 2.75) is 64.2 Å². The van der Waals surface area contributed by atoms with Crippen molar-refractivity contribution in [3.8, 4) is 0 Å². The van der Waals surface area contributed by atoms with Crippen LogP contribution in [0.15, 0.2) is 36.7 Å². The van der Waals surface area contributed by atoms with Gasteiger partial charge in [0.2, 0.25) is 0 Å². The highest BCUT2D eigenvalue weighted by Gasteiger charge is 2.60. The van der Waals surface area contributed by atoms with E-state index < -0.39 is 32.5 Å². The third-order valence-corrected chi connectivity index (χ3v) is 11.4. The van der Waals surface area contributed by atoms with Crippen LogP contribution in [0.3, 0.4) is 0 Å². The van der Waals surface area contributed by atoms with Crippen LogP contribution in [0.5, 0.6) is 0 Å². The fraction of sp³-hybridized carbons (Fsp3) is 0.476. The molecule has 0 saturated heterocycles. The largest absolute Gasteiger partial charge is 0.439 e. The second-order valence-corrected chi connectivity index (χ2v) is 13.2. The van der Waals surface area contributed by atoms with Crippen molar-refractivity contribution in [3.63, 3.8) is 0 Å². The molecular weight excluding hydrogens is 454 g/mol. The Morgan fingerprint density at radius 3 is 1.88 bits per heavy atom. The summed E-state index contributed by atoms with van der Waals surface area (Å²) in [6.07, 6.45) is -12.8. The molecule has 0 saturated carbocycles. The van der Waals surface area contributed by atoms with Crippen molar-refractivity contribution in [1.29, 1.82) is 0 Å². The summed E-state index contributed by atoms with van der Waals surface area (Å²) < 4.78 is 82.2. The monoisotopic (exact) mass is 478 g/mol. The van der Waals surface area contributed by atoms with Crippen LogP contribution in [-0.4, -0.2) is 42.5 Å². The van der Waals surface area contributed by atoms with Crippen LogP contribution in [0, 0.1) is 6.92 Å². The first-order valence-corrected chi connectivity index (χ1v) is 12.0. The number of aromatic nitrogens is 2. The fourth-order valence-corrected chi connectivity index (χ4v) is 9.52. The predicted octanol–water partition coefficient (Wildman–Crippen LogP) is 4.82. The topological polar surface area (TPSA) is 52.1 Å². The number of esters is 1. The molecule has 0 N–H and O–H groups in total. The number of hydrogen-bond donors (Lipinski definition) is 0. The van der Waals surface area contributed by atoms with E-state index in [-0.39, 0.29) is 16.6 Å². The Morgan fingerprint density at radius 1 is 0.938 bits per heavy atom. The average Bonchev–Trinajstić information content (AvgIpc) is 2.66. The standard InChI is InChI=1S/C21H24F6N2O2Si/c1-12(2)32(13(3)4,19-28-9-6-10-29-19)16-8-7-14(5)11-15(16)17(30)31-18(20(22,23)24)21(25,26)27/h6-13,18H,1-5H3. The molecule has 0 radical (unpaired) electrons. The van der Waals surface area contributed by atoms with E-state index in [4.69, 9.17) is 0 Å². The van der Waals surface area contributed by atoms with E-state index in [2.05, 4.69) is 14.7 Å². The Balaban J connectivity index is 2.75. The minimum atomic E-state index is -5.80. The number of benzene rings is 1. The molecule has 4 nitrogen and oxygen atoms in total. The van der Waals surface area contributed by atoms with Crippen LogP contribution in [0.4, 0.5) is 26.3 Å². The van der Waals surface area contributed by atoms with Gasteiger partial charge in [0.1, 0.15) is 5.45 Å². The predicted molar refractivity (Wildman–Crippen MR) is 110 cm³/mol. The van der Waals surface area contributed by atoms with Gasteiger partial charge < -0.3 is 4.74 Å². The van der Waals surface area contributed by atoms with Crippen molar-refractivity contribution in [2.24, 2.45) is 0 Å². The van der Waals surface area contributed by atoms with Crippen LogP contribution in [0.2, 0.25) is 11.1 Å². The number of carbonyl (C=O) groups is 1. The molecule has 1 aromatic carbocycles. The van der Waals surface area contributed by atoms with E-state index in [0.29, 0.717) is 16.2 Å². The van der Waals surface area contributed by atoms with Gasteiger partial charge in [-0.25, -0.2) is 14.8 Å². The molecule has 11 heteroatoms. The number of ether oxygens (including phenoxy) is 1. The molecule has 0 unspecified atom stereocenters. The average molecular weight is 479 g/mol. The molecule has 0 aliphatic heterocycles. The number of aryl methyl sites for hydroxylation is 1. The summed E-state index contributed by atoms with van der Waals surface area (Å²) in [5.41, 5.74) is 0.317. The van der Waals surface area contributed by atoms with Gasteiger partial charge in [-0.1, -0.05) is 45.4 Å². The molecule has 0 aliphatic rings. The van der Waals surface area contributed by atoms with E-state index in [0.717, 1.165) is 0 Å². The van der Waals surface area contributed by atoms with Gasteiger partial charge >= 0.3 is 18.3 Å². The number of alkyl halides is 6. The molecule has 176 valence electrons. The van der Waals surface area contributed by atoms with Crippen molar-refractivity contribution >= 4 is 24.7 Å². The van der Waals surface area contributed by atoms with E-state index in [1.54, 1.807) is 25.1 Å². The number of carbonyl (C=O) groups excluding carboxylic acids is 1. The maximum atomic E-state index is 13.0.